The first-order chi connectivity index (χ1) is 9.68. The summed E-state index contributed by atoms with van der Waals surface area (Å²) >= 11 is 0. The van der Waals surface area contributed by atoms with Gasteiger partial charge in [0, 0.05) is 44.2 Å². The van der Waals surface area contributed by atoms with E-state index in [-0.39, 0.29) is 12.5 Å². The zero-order valence-corrected chi connectivity index (χ0v) is 11.2. The van der Waals surface area contributed by atoms with Crippen LogP contribution < -0.4 is 5.32 Å². The summed E-state index contributed by atoms with van der Waals surface area (Å²) in [5.41, 5.74) is 0.574. The lowest BCUT2D eigenvalue weighted by atomic mass is 9.94. The highest BCUT2D eigenvalue weighted by atomic mass is 16.5. The van der Waals surface area contributed by atoms with Gasteiger partial charge in [-0.1, -0.05) is 12.1 Å². The maximum Gasteiger partial charge on any atom is 0.253 e. The molecule has 1 aliphatic heterocycles. The Kier molecular flexibility index (Phi) is 3.46. The van der Waals surface area contributed by atoms with Crippen molar-refractivity contribution in [3.05, 3.63) is 36.0 Å². The van der Waals surface area contributed by atoms with Crippen LogP contribution in [0.5, 0.6) is 0 Å². The molecule has 0 bridgehead atoms. The van der Waals surface area contributed by atoms with Gasteiger partial charge in [0.2, 0.25) is 0 Å². The van der Waals surface area contributed by atoms with Gasteiger partial charge in [0.1, 0.15) is 0 Å². The minimum absolute atomic E-state index is 0.169. The van der Waals surface area contributed by atoms with Crippen molar-refractivity contribution in [1.29, 1.82) is 0 Å². The molecule has 2 aromatic rings. The van der Waals surface area contributed by atoms with Crippen molar-refractivity contribution in [3.63, 3.8) is 0 Å². The molecule has 0 saturated carbocycles. The van der Waals surface area contributed by atoms with Crippen LogP contribution in [0.3, 0.4) is 0 Å². The van der Waals surface area contributed by atoms with Crippen LogP contribution in [0.25, 0.3) is 10.9 Å². The Labute approximate surface area is 116 Å². The molecular formula is C15H18N2O3. The number of carbonyl (C=O) groups excluding carboxylic acids is 1. The van der Waals surface area contributed by atoms with Crippen LogP contribution in [0.1, 0.15) is 23.2 Å². The standard InChI is InChI=1S/C15H18N2O3/c18-14(17-10-15(19)5-8-20-9-6-15)12-3-1-2-11-4-7-16-13(11)12/h1-4,7,16,19H,5-6,8-10H2,(H,17,18). The number of fused-ring (bicyclic) bond motifs is 1. The molecule has 20 heavy (non-hydrogen) atoms. The van der Waals surface area contributed by atoms with E-state index in [9.17, 15) is 9.90 Å². The second-order valence-electron chi connectivity index (χ2n) is 5.27. The van der Waals surface area contributed by atoms with E-state index in [2.05, 4.69) is 10.3 Å². The van der Waals surface area contributed by atoms with Gasteiger partial charge in [-0.05, 0) is 12.1 Å². The summed E-state index contributed by atoms with van der Waals surface area (Å²) in [7, 11) is 0. The summed E-state index contributed by atoms with van der Waals surface area (Å²) in [5.74, 6) is -0.169. The van der Waals surface area contributed by atoms with E-state index in [0.717, 1.165) is 10.9 Å². The normalized spacial score (nSPS) is 18.1. The Balaban J connectivity index is 1.71. The molecule has 1 aliphatic rings. The molecule has 5 nitrogen and oxygen atoms in total. The van der Waals surface area contributed by atoms with Crippen LogP contribution in [0, 0.1) is 0 Å². The van der Waals surface area contributed by atoms with Gasteiger partial charge in [0.15, 0.2) is 0 Å². The van der Waals surface area contributed by atoms with E-state index in [1.54, 1.807) is 6.07 Å². The summed E-state index contributed by atoms with van der Waals surface area (Å²) in [6, 6.07) is 7.52. The lowest BCUT2D eigenvalue weighted by molar-refractivity contribution is -0.0605. The van der Waals surface area contributed by atoms with Crippen molar-refractivity contribution in [3.8, 4) is 0 Å². The molecule has 3 N–H and O–H groups in total. The van der Waals surface area contributed by atoms with Crippen LogP contribution in [-0.4, -0.2) is 41.4 Å². The molecule has 0 atom stereocenters. The summed E-state index contributed by atoms with van der Waals surface area (Å²) in [6.45, 7) is 1.34. The molecule has 0 radical (unpaired) electrons. The number of H-pyrrole nitrogens is 1. The number of aliphatic hydroxyl groups is 1. The first-order valence-electron chi connectivity index (χ1n) is 6.82. The highest BCUT2D eigenvalue weighted by Crippen LogP contribution is 2.20. The number of hydrogen-bond acceptors (Lipinski definition) is 3. The first-order valence-corrected chi connectivity index (χ1v) is 6.82. The Morgan fingerprint density at radius 1 is 1.35 bits per heavy atom. The predicted molar refractivity (Wildman–Crippen MR) is 75.6 cm³/mol. The Morgan fingerprint density at radius 3 is 2.95 bits per heavy atom. The Hall–Kier alpha value is -1.85. The quantitative estimate of drug-likeness (QED) is 0.793. The average molecular weight is 274 g/mol. The molecular weight excluding hydrogens is 256 g/mol. The first kappa shape index (κ1) is 13.1. The van der Waals surface area contributed by atoms with Crippen molar-refractivity contribution in [1.82, 2.24) is 10.3 Å². The largest absolute Gasteiger partial charge is 0.388 e. The molecule has 1 amide bonds. The Morgan fingerprint density at radius 2 is 2.15 bits per heavy atom. The fourth-order valence-electron chi connectivity index (χ4n) is 2.54. The number of para-hydroxylation sites is 1. The highest BCUT2D eigenvalue weighted by molar-refractivity contribution is 6.05. The van der Waals surface area contributed by atoms with Crippen LogP contribution >= 0.6 is 0 Å². The molecule has 0 unspecified atom stereocenters. The lowest BCUT2D eigenvalue weighted by Gasteiger charge is -2.32. The van der Waals surface area contributed by atoms with Gasteiger partial charge in [-0.25, -0.2) is 0 Å². The minimum Gasteiger partial charge on any atom is -0.388 e. The molecule has 1 fully saturated rings. The number of hydrogen-bond donors (Lipinski definition) is 3. The van der Waals surface area contributed by atoms with Crippen molar-refractivity contribution < 1.29 is 14.6 Å². The van der Waals surface area contributed by atoms with Gasteiger partial charge in [-0.15, -0.1) is 0 Å². The smallest absolute Gasteiger partial charge is 0.253 e. The monoisotopic (exact) mass is 274 g/mol. The summed E-state index contributed by atoms with van der Waals surface area (Å²) < 4.78 is 5.23. The van der Waals surface area contributed by atoms with Crippen molar-refractivity contribution in [2.75, 3.05) is 19.8 Å². The molecule has 1 aromatic heterocycles. The molecule has 2 heterocycles. The van der Waals surface area contributed by atoms with Gasteiger partial charge < -0.3 is 20.1 Å². The number of ether oxygens (including phenoxy) is 1. The third-order valence-electron chi connectivity index (χ3n) is 3.83. The van der Waals surface area contributed by atoms with E-state index < -0.39 is 5.60 Å². The third-order valence-corrected chi connectivity index (χ3v) is 3.83. The van der Waals surface area contributed by atoms with Crippen molar-refractivity contribution in [2.45, 2.75) is 18.4 Å². The van der Waals surface area contributed by atoms with Crippen LogP contribution in [0.4, 0.5) is 0 Å². The van der Waals surface area contributed by atoms with Gasteiger partial charge in [0.25, 0.3) is 5.91 Å². The Bertz CT molecular complexity index is 614. The number of benzene rings is 1. The zero-order chi connectivity index (χ0) is 14.0. The van der Waals surface area contributed by atoms with Gasteiger partial charge >= 0.3 is 0 Å². The summed E-state index contributed by atoms with van der Waals surface area (Å²) in [4.78, 5) is 15.3. The second kappa shape index (κ2) is 5.26. The lowest BCUT2D eigenvalue weighted by Crippen LogP contribution is -2.46. The summed E-state index contributed by atoms with van der Waals surface area (Å²) in [5, 5.41) is 14.2. The number of rotatable bonds is 3. The van der Waals surface area contributed by atoms with E-state index in [4.69, 9.17) is 4.74 Å². The van der Waals surface area contributed by atoms with Crippen molar-refractivity contribution >= 4 is 16.8 Å². The fourth-order valence-corrected chi connectivity index (χ4v) is 2.54. The second-order valence-corrected chi connectivity index (χ2v) is 5.27. The predicted octanol–water partition coefficient (Wildman–Crippen LogP) is 1.44. The average Bonchev–Trinajstić information content (AvgIpc) is 2.94. The molecule has 0 aliphatic carbocycles. The number of amides is 1. The molecule has 106 valence electrons. The van der Waals surface area contributed by atoms with Crippen LogP contribution in [0.2, 0.25) is 0 Å². The third kappa shape index (κ3) is 2.55. The number of nitrogens with one attached hydrogen (secondary N) is 2. The van der Waals surface area contributed by atoms with Crippen LogP contribution in [0.15, 0.2) is 30.5 Å². The summed E-state index contributed by atoms with van der Waals surface area (Å²) in [6.07, 6.45) is 2.92. The number of aromatic amines is 1. The van der Waals surface area contributed by atoms with Gasteiger partial charge in [-0.2, -0.15) is 0 Å². The SMILES string of the molecule is O=C(NCC1(O)CCOCC1)c1cccc2cc[nH]c12. The maximum atomic E-state index is 12.3. The number of carbonyl (C=O) groups is 1. The molecule has 1 aromatic carbocycles. The molecule has 5 heteroatoms. The van der Waals surface area contributed by atoms with E-state index in [0.29, 0.717) is 31.6 Å². The fraction of sp³-hybridized carbons (Fsp3) is 0.400. The maximum absolute atomic E-state index is 12.3. The minimum atomic E-state index is -0.850. The molecule has 3 rings (SSSR count). The molecule has 0 spiro atoms. The van der Waals surface area contributed by atoms with E-state index in [1.807, 2.05) is 24.4 Å². The highest BCUT2D eigenvalue weighted by Gasteiger charge is 2.30. The van der Waals surface area contributed by atoms with Gasteiger partial charge in [-0.3, -0.25) is 4.79 Å². The molecule has 1 saturated heterocycles. The topological polar surface area (TPSA) is 74.3 Å². The zero-order valence-electron chi connectivity index (χ0n) is 11.2. The van der Waals surface area contributed by atoms with Gasteiger partial charge in [0.05, 0.1) is 16.7 Å². The van der Waals surface area contributed by atoms with Crippen molar-refractivity contribution in [2.24, 2.45) is 0 Å². The van der Waals surface area contributed by atoms with Crippen LogP contribution in [-0.2, 0) is 4.74 Å². The van der Waals surface area contributed by atoms with E-state index in [1.165, 1.54) is 0 Å². The number of aromatic nitrogens is 1. The van der Waals surface area contributed by atoms with E-state index >= 15 is 0 Å².